The molecule has 0 saturated heterocycles. The van der Waals surface area contributed by atoms with Crippen molar-refractivity contribution >= 4 is 33.3 Å². The van der Waals surface area contributed by atoms with Crippen LogP contribution in [0.5, 0.6) is 5.75 Å². The molecule has 0 bridgehead atoms. The lowest BCUT2D eigenvalue weighted by Gasteiger charge is -2.09. The van der Waals surface area contributed by atoms with Gasteiger partial charge in [0.1, 0.15) is 5.75 Å². The lowest BCUT2D eigenvalue weighted by Crippen LogP contribution is -2.19. The van der Waals surface area contributed by atoms with E-state index in [9.17, 15) is 4.79 Å². The Hall–Kier alpha value is -2.01. The second kappa shape index (κ2) is 6.43. The molecule has 0 fully saturated rings. The molecular formula is C15H15BrN2O2. The van der Waals surface area contributed by atoms with E-state index in [0.717, 1.165) is 15.7 Å². The van der Waals surface area contributed by atoms with E-state index in [2.05, 4.69) is 26.6 Å². The van der Waals surface area contributed by atoms with E-state index in [1.54, 1.807) is 19.2 Å². The lowest BCUT2D eigenvalue weighted by molar-refractivity contribution is 0.262. The first kappa shape index (κ1) is 14.4. The molecule has 0 aromatic heterocycles. The van der Waals surface area contributed by atoms with Gasteiger partial charge in [-0.05, 0) is 42.8 Å². The summed E-state index contributed by atoms with van der Waals surface area (Å²) in [6, 6.07) is 12.5. The van der Waals surface area contributed by atoms with Crippen molar-refractivity contribution in [1.29, 1.82) is 0 Å². The molecule has 0 aliphatic carbocycles. The normalized spacial score (nSPS) is 9.95. The highest BCUT2D eigenvalue weighted by Crippen LogP contribution is 2.21. The topological polar surface area (TPSA) is 50.4 Å². The number of nitrogens with one attached hydrogen (secondary N) is 2. The van der Waals surface area contributed by atoms with Crippen LogP contribution in [0, 0.1) is 6.92 Å². The minimum absolute atomic E-state index is 0.292. The van der Waals surface area contributed by atoms with Crippen molar-refractivity contribution in [1.82, 2.24) is 0 Å². The number of amides is 2. The van der Waals surface area contributed by atoms with Crippen LogP contribution in [-0.2, 0) is 0 Å². The van der Waals surface area contributed by atoms with Crippen LogP contribution >= 0.6 is 15.9 Å². The molecular weight excluding hydrogens is 320 g/mol. The fourth-order valence-electron chi connectivity index (χ4n) is 1.72. The van der Waals surface area contributed by atoms with Crippen molar-refractivity contribution < 1.29 is 9.53 Å². The van der Waals surface area contributed by atoms with Gasteiger partial charge >= 0.3 is 6.03 Å². The summed E-state index contributed by atoms with van der Waals surface area (Å²) in [6.07, 6.45) is 0. The Labute approximate surface area is 126 Å². The van der Waals surface area contributed by atoms with E-state index in [4.69, 9.17) is 4.74 Å². The Balaban J connectivity index is 2.03. The van der Waals surface area contributed by atoms with Crippen molar-refractivity contribution in [3.8, 4) is 5.75 Å². The number of ether oxygens (including phenoxy) is 1. The molecule has 2 rings (SSSR count). The summed E-state index contributed by atoms with van der Waals surface area (Å²) in [5.41, 5.74) is 2.48. The zero-order valence-corrected chi connectivity index (χ0v) is 12.8. The smallest absolute Gasteiger partial charge is 0.323 e. The average Bonchev–Trinajstić information content (AvgIpc) is 2.43. The number of halogens is 1. The molecule has 0 atom stereocenters. The Morgan fingerprint density at radius 3 is 2.45 bits per heavy atom. The average molecular weight is 335 g/mol. The van der Waals surface area contributed by atoms with Gasteiger partial charge in [0.2, 0.25) is 0 Å². The van der Waals surface area contributed by atoms with Crippen LogP contribution in [0.2, 0.25) is 0 Å². The van der Waals surface area contributed by atoms with Gasteiger partial charge in [0.05, 0.1) is 7.11 Å². The van der Waals surface area contributed by atoms with E-state index in [1.165, 1.54) is 0 Å². The third kappa shape index (κ3) is 3.74. The van der Waals surface area contributed by atoms with Crippen molar-refractivity contribution in [2.75, 3.05) is 17.7 Å². The maximum atomic E-state index is 11.9. The standard InChI is InChI=1S/C15H15BrN2O2/c1-10-8-12(6-7-14(10)16)18-15(19)17-11-4-3-5-13(9-11)20-2/h3-9H,1-2H3,(H2,17,18,19). The number of methoxy groups -OCH3 is 1. The zero-order chi connectivity index (χ0) is 14.5. The van der Waals surface area contributed by atoms with Crippen LogP contribution in [0.25, 0.3) is 0 Å². The molecule has 20 heavy (non-hydrogen) atoms. The van der Waals surface area contributed by atoms with Crippen molar-refractivity contribution in [2.24, 2.45) is 0 Å². The Morgan fingerprint density at radius 1 is 1.10 bits per heavy atom. The predicted molar refractivity (Wildman–Crippen MR) is 84.5 cm³/mol. The number of hydrogen-bond acceptors (Lipinski definition) is 2. The molecule has 0 saturated carbocycles. The summed E-state index contributed by atoms with van der Waals surface area (Å²) in [7, 11) is 1.59. The number of urea groups is 1. The molecule has 0 radical (unpaired) electrons. The third-order valence-electron chi connectivity index (χ3n) is 2.74. The van der Waals surface area contributed by atoms with E-state index < -0.39 is 0 Å². The first-order valence-electron chi connectivity index (χ1n) is 6.06. The van der Waals surface area contributed by atoms with Gasteiger partial charge in [-0.25, -0.2) is 4.79 Å². The van der Waals surface area contributed by atoms with E-state index in [0.29, 0.717) is 11.4 Å². The van der Waals surface area contributed by atoms with E-state index in [1.807, 2.05) is 37.3 Å². The molecule has 2 aromatic rings. The van der Waals surface area contributed by atoms with Gasteiger partial charge in [-0.3, -0.25) is 0 Å². The highest BCUT2D eigenvalue weighted by molar-refractivity contribution is 9.10. The summed E-state index contributed by atoms with van der Waals surface area (Å²) in [4.78, 5) is 11.9. The Kier molecular flexibility index (Phi) is 4.63. The van der Waals surface area contributed by atoms with Crippen LogP contribution in [0.3, 0.4) is 0 Å². The van der Waals surface area contributed by atoms with Gasteiger partial charge in [-0.2, -0.15) is 0 Å². The number of hydrogen-bond donors (Lipinski definition) is 2. The molecule has 2 aromatic carbocycles. The first-order chi connectivity index (χ1) is 9.58. The molecule has 0 aliphatic rings. The highest BCUT2D eigenvalue weighted by atomic mass is 79.9. The highest BCUT2D eigenvalue weighted by Gasteiger charge is 2.04. The van der Waals surface area contributed by atoms with Crippen LogP contribution in [0.4, 0.5) is 16.2 Å². The minimum atomic E-state index is -0.292. The monoisotopic (exact) mass is 334 g/mol. The van der Waals surface area contributed by atoms with Gasteiger partial charge in [-0.15, -0.1) is 0 Å². The summed E-state index contributed by atoms with van der Waals surface area (Å²) < 4.78 is 6.12. The summed E-state index contributed by atoms with van der Waals surface area (Å²) in [5.74, 6) is 0.697. The van der Waals surface area contributed by atoms with Gasteiger partial charge in [0.25, 0.3) is 0 Å². The minimum Gasteiger partial charge on any atom is -0.497 e. The van der Waals surface area contributed by atoms with Gasteiger partial charge < -0.3 is 15.4 Å². The molecule has 104 valence electrons. The maximum Gasteiger partial charge on any atom is 0.323 e. The second-order valence-electron chi connectivity index (χ2n) is 4.28. The van der Waals surface area contributed by atoms with E-state index in [-0.39, 0.29) is 6.03 Å². The van der Waals surface area contributed by atoms with Crippen LogP contribution < -0.4 is 15.4 Å². The fourth-order valence-corrected chi connectivity index (χ4v) is 1.96. The number of carbonyl (C=O) groups is 1. The van der Waals surface area contributed by atoms with Crippen molar-refractivity contribution in [2.45, 2.75) is 6.92 Å². The van der Waals surface area contributed by atoms with Gasteiger partial charge in [0, 0.05) is 21.9 Å². The first-order valence-corrected chi connectivity index (χ1v) is 6.86. The van der Waals surface area contributed by atoms with Crippen LogP contribution in [-0.4, -0.2) is 13.1 Å². The second-order valence-corrected chi connectivity index (χ2v) is 5.13. The van der Waals surface area contributed by atoms with Crippen molar-refractivity contribution in [3.63, 3.8) is 0 Å². The lowest BCUT2D eigenvalue weighted by atomic mass is 10.2. The molecule has 0 unspecified atom stereocenters. The van der Waals surface area contributed by atoms with Gasteiger partial charge in [0.15, 0.2) is 0 Å². The van der Waals surface area contributed by atoms with Crippen molar-refractivity contribution in [3.05, 3.63) is 52.5 Å². The maximum absolute atomic E-state index is 11.9. The quantitative estimate of drug-likeness (QED) is 0.873. The molecule has 5 heteroatoms. The fraction of sp³-hybridized carbons (Fsp3) is 0.133. The van der Waals surface area contributed by atoms with Crippen LogP contribution in [0.15, 0.2) is 46.9 Å². The predicted octanol–water partition coefficient (Wildman–Crippen LogP) is 4.41. The number of anilines is 2. The zero-order valence-electron chi connectivity index (χ0n) is 11.2. The Morgan fingerprint density at radius 2 is 1.80 bits per heavy atom. The molecule has 0 heterocycles. The molecule has 2 amide bonds. The summed E-state index contributed by atoms with van der Waals surface area (Å²) >= 11 is 3.42. The SMILES string of the molecule is COc1cccc(NC(=O)Nc2ccc(Br)c(C)c2)c1. The number of aryl methyl sites for hydroxylation is 1. The molecule has 0 aliphatic heterocycles. The molecule has 4 nitrogen and oxygen atoms in total. The largest absolute Gasteiger partial charge is 0.497 e. The summed E-state index contributed by atoms with van der Waals surface area (Å²) in [5, 5.41) is 5.54. The van der Waals surface area contributed by atoms with E-state index >= 15 is 0 Å². The summed E-state index contributed by atoms with van der Waals surface area (Å²) in [6.45, 7) is 1.97. The molecule has 2 N–H and O–H groups in total. The molecule has 0 spiro atoms. The number of benzene rings is 2. The Bertz CT molecular complexity index is 629. The number of rotatable bonds is 3. The third-order valence-corrected chi connectivity index (χ3v) is 3.63. The van der Waals surface area contributed by atoms with Crippen LogP contribution in [0.1, 0.15) is 5.56 Å². The van der Waals surface area contributed by atoms with Gasteiger partial charge in [-0.1, -0.05) is 22.0 Å². The number of carbonyl (C=O) groups excluding carboxylic acids is 1.